The number of hydrazone groups is 1. The van der Waals surface area contributed by atoms with Gasteiger partial charge in [-0.1, -0.05) is 23.8 Å². The van der Waals surface area contributed by atoms with Crippen molar-refractivity contribution in [3.05, 3.63) is 83.4 Å². The fourth-order valence-corrected chi connectivity index (χ4v) is 6.80. The van der Waals surface area contributed by atoms with E-state index in [0.717, 1.165) is 46.4 Å². The van der Waals surface area contributed by atoms with Gasteiger partial charge in [-0.05, 0) is 91.6 Å². The number of rotatable bonds is 7. The summed E-state index contributed by atoms with van der Waals surface area (Å²) >= 11 is 1.37. The van der Waals surface area contributed by atoms with Crippen LogP contribution in [0.25, 0.3) is 10.2 Å². The van der Waals surface area contributed by atoms with Crippen molar-refractivity contribution in [1.82, 2.24) is 9.29 Å². The molecule has 4 aromatic rings. The van der Waals surface area contributed by atoms with E-state index in [1.54, 1.807) is 13.3 Å². The monoisotopic (exact) mass is 548 g/mol. The van der Waals surface area contributed by atoms with Crippen LogP contribution in [0, 0.1) is 6.92 Å². The van der Waals surface area contributed by atoms with Gasteiger partial charge in [-0.3, -0.25) is 4.79 Å². The second-order valence-corrected chi connectivity index (χ2v) is 12.0. The quantitative estimate of drug-likeness (QED) is 0.226. The van der Waals surface area contributed by atoms with E-state index in [0.29, 0.717) is 23.8 Å². The maximum atomic E-state index is 13.7. The number of carbonyl (C=O) groups is 1. The van der Waals surface area contributed by atoms with Crippen molar-refractivity contribution >= 4 is 48.8 Å². The highest BCUT2D eigenvalue weighted by Gasteiger charge is 2.27. The Hall–Kier alpha value is -3.60. The third-order valence-corrected chi connectivity index (χ3v) is 9.30. The van der Waals surface area contributed by atoms with E-state index >= 15 is 0 Å². The molecule has 0 unspecified atom stereocenters. The maximum absolute atomic E-state index is 13.7. The number of piperidine rings is 1. The molecule has 1 amide bonds. The number of nitrogens with zero attached hydrogens (tertiary/aromatic N) is 4. The number of carbonyl (C=O) groups excluding carboxylic acids is 1. The molecule has 1 fully saturated rings. The Balaban J connectivity index is 1.47. The lowest BCUT2D eigenvalue weighted by Gasteiger charge is -2.25. The summed E-state index contributed by atoms with van der Waals surface area (Å²) < 4.78 is 33.8. The van der Waals surface area contributed by atoms with Crippen LogP contribution in [-0.2, 0) is 10.0 Å². The van der Waals surface area contributed by atoms with Gasteiger partial charge in [-0.2, -0.15) is 14.4 Å². The number of hydrogen-bond acceptors (Lipinski definition) is 7. The Kier molecular flexibility index (Phi) is 7.55. The molecule has 1 aliphatic rings. The molecule has 0 N–H and O–H groups in total. The lowest BCUT2D eigenvalue weighted by Crippen LogP contribution is -2.35. The zero-order valence-corrected chi connectivity index (χ0v) is 22.8. The second-order valence-electron chi connectivity index (χ2n) is 9.09. The van der Waals surface area contributed by atoms with Crippen molar-refractivity contribution in [3.8, 4) is 5.75 Å². The summed E-state index contributed by atoms with van der Waals surface area (Å²) in [5.41, 5.74) is 2.96. The van der Waals surface area contributed by atoms with E-state index in [2.05, 4.69) is 10.1 Å². The Bertz CT molecular complexity index is 1570. The molecular formula is C28H28N4O4S2. The van der Waals surface area contributed by atoms with Crippen LogP contribution in [0.3, 0.4) is 0 Å². The van der Waals surface area contributed by atoms with Crippen LogP contribution in [-0.4, -0.2) is 50.0 Å². The van der Waals surface area contributed by atoms with E-state index in [1.165, 1.54) is 44.9 Å². The average molecular weight is 549 g/mol. The molecule has 0 atom stereocenters. The third kappa shape index (κ3) is 5.47. The largest absolute Gasteiger partial charge is 0.497 e. The molecule has 0 saturated carbocycles. The number of thiazole rings is 1. The summed E-state index contributed by atoms with van der Waals surface area (Å²) in [4.78, 5) is 18.5. The summed E-state index contributed by atoms with van der Waals surface area (Å²) in [5, 5.41) is 6.18. The Morgan fingerprint density at radius 3 is 2.42 bits per heavy atom. The van der Waals surface area contributed by atoms with Gasteiger partial charge < -0.3 is 4.74 Å². The molecule has 1 saturated heterocycles. The first-order valence-electron chi connectivity index (χ1n) is 12.3. The fourth-order valence-electron chi connectivity index (χ4n) is 4.26. The number of anilines is 1. The van der Waals surface area contributed by atoms with Gasteiger partial charge in [-0.25, -0.2) is 13.4 Å². The van der Waals surface area contributed by atoms with Gasteiger partial charge in [0.25, 0.3) is 5.91 Å². The molecular weight excluding hydrogens is 520 g/mol. The second kappa shape index (κ2) is 11.0. The molecule has 0 bridgehead atoms. The summed E-state index contributed by atoms with van der Waals surface area (Å²) in [6.07, 6.45) is 4.35. The minimum Gasteiger partial charge on any atom is -0.497 e. The fraction of sp³-hybridized carbons (Fsp3) is 0.250. The zero-order chi connectivity index (χ0) is 26.7. The SMILES string of the molecule is COc1ccc(/C=N/N(C(=O)c2ccc(S(=O)(=O)N3CCCCC3)cc2)c2nc3ccc(C)cc3s2)cc1. The van der Waals surface area contributed by atoms with Crippen molar-refractivity contribution in [1.29, 1.82) is 0 Å². The topological polar surface area (TPSA) is 92.2 Å². The average Bonchev–Trinajstić information content (AvgIpc) is 3.36. The van der Waals surface area contributed by atoms with Crippen molar-refractivity contribution in [3.63, 3.8) is 0 Å². The standard InChI is InChI=1S/C28H28N4O4S2/c1-20-6-15-25-26(18-20)37-28(30-25)32(29-19-21-7-11-23(36-2)12-8-21)27(33)22-9-13-24(14-10-22)38(34,35)31-16-4-3-5-17-31/h6-15,18-19H,3-5,16-17H2,1-2H3/b29-19+. The van der Waals surface area contributed by atoms with Gasteiger partial charge in [0.05, 0.1) is 28.4 Å². The predicted octanol–water partition coefficient (Wildman–Crippen LogP) is 5.47. The molecule has 0 aliphatic carbocycles. The van der Waals surface area contributed by atoms with Gasteiger partial charge in [-0.15, -0.1) is 0 Å². The smallest absolute Gasteiger partial charge is 0.280 e. The third-order valence-electron chi connectivity index (χ3n) is 6.40. The van der Waals surface area contributed by atoms with Crippen LogP contribution in [0.4, 0.5) is 5.13 Å². The first-order valence-corrected chi connectivity index (χ1v) is 14.6. The minimum atomic E-state index is -3.59. The zero-order valence-electron chi connectivity index (χ0n) is 21.2. The highest BCUT2D eigenvalue weighted by atomic mass is 32.2. The molecule has 0 spiro atoms. The number of benzene rings is 3. The maximum Gasteiger partial charge on any atom is 0.280 e. The van der Waals surface area contributed by atoms with Crippen molar-refractivity contribution in [2.24, 2.45) is 5.10 Å². The van der Waals surface area contributed by atoms with Gasteiger partial charge in [0.2, 0.25) is 15.2 Å². The Morgan fingerprint density at radius 1 is 1.03 bits per heavy atom. The van der Waals surface area contributed by atoms with Crippen LogP contribution >= 0.6 is 11.3 Å². The van der Waals surface area contributed by atoms with E-state index < -0.39 is 15.9 Å². The van der Waals surface area contributed by atoms with Crippen molar-refractivity contribution < 1.29 is 17.9 Å². The Morgan fingerprint density at radius 2 is 1.74 bits per heavy atom. The highest BCUT2D eigenvalue weighted by Crippen LogP contribution is 2.31. The first kappa shape index (κ1) is 26.0. The predicted molar refractivity (Wildman–Crippen MR) is 151 cm³/mol. The highest BCUT2D eigenvalue weighted by molar-refractivity contribution is 7.89. The number of ether oxygens (including phenoxy) is 1. The van der Waals surface area contributed by atoms with Crippen LogP contribution in [0.5, 0.6) is 5.75 Å². The van der Waals surface area contributed by atoms with Gasteiger partial charge in [0.1, 0.15) is 5.75 Å². The van der Waals surface area contributed by atoms with Crippen molar-refractivity contribution in [2.75, 3.05) is 25.2 Å². The lowest BCUT2D eigenvalue weighted by molar-refractivity contribution is 0.0987. The molecule has 10 heteroatoms. The van der Waals surface area contributed by atoms with E-state index in [-0.39, 0.29) is 4.90 Å². The molecule has 5 rings (SSSR count). The van der Waals surface area contributed by atoms with Crippen LogP contribution in [0.2, 0.25) is 0 Å². The first-order chi connectivity index (χ1) is 18.3. The van der Waals surface area contributed by atoms with E-state index in [4.69, 9.17) is 4.74 Å². The van der Waals surface area contributed by atoms with Gasteiger partial charge in [0, 0.05) is 18.7 Å². The van der Waals surface area contributed by atoms with Crippen LogP contribution < -0.4 is 9.75 Å². The number of hydrogen-bond donors (Lipinski definition) is 0. The minimum absolute atomic E-state index is 0.180. The van der Waals surface area contributed by atoms with Crippen LogP contribution in [0.1, 0.15) is 40.7 Å². The molecule has 3 aromatic carbocycles. The normalized spacial score (nSPS) is 14.7. The van der Waals surface area contributed by atoms with Crippen molar-refractivity contribution in [2.45, 2.75) is 31.1 Å². The number of aromatic nitrogens is 1. The van der Waals surface area contributed by atoms with Gasteiger partial charge in [0.15, 0.2) is 0 Å². The number of aryl methyl sites for hydroxylation is 1. The number of fused-ring (bicyclic) bond motifs is 1. The summed E-state index contributed by atoms with van der Waals surface area (Å²) in [7, 11) is -1.99. The number of methoxy groups -OCH3 is 1. The molecule has 8 nitrogen and oxygen atoms in total. The summed E-state index contributed by atoms with van der Waals surface area (Å²) in [5.74, 6) is 0.309. The van der Waals surface area contributed by atoms with Crippen LogP contribution in [0.15, 0.2) is 76.7 Å². The number of sulfonamides is 1. The molecule has 0 radical (unpaired) electrons. The van der Waals surface area contributed by atoms with Gasteiger partial charge >= 0.3 is 0 Å². The molecule has 2 heterocycles. The molecule has 196 valence electrons. The summed E-state index contributed by atoms with van der Waals surface area (Å²) in [6.45, 7) is 3.05. The Labute approximate surface area is 226 Å². The summed E-state index contributed by atoms with van der Waals surface area (Å²) in [6, 6.07) is 19.3. The van der Waals surface area contributed by atoms with E-state index in [1.807, 2.05) is 49.4 Å². The van der Waals surface area contributed by atoms with E-state index in [9.17, 15) is 13.2 Å². The number of amides is 1. The lowest BCUT2D eigenvalue weighted by atomic mass is 10.2. The molecule has 38 heavy (non-hydrogen) atoms. The molecule has 1 aliphatic heterocycles. The molecule has 1 aromatic heterocycles.